The zero-order valence-corrected chi connectivity index (χ0v) is 12.5. The van der Waals surface area contributed by atoms with Crippen molar-refractivity contribution in [2.75, 3.05) is 11.9 Å². The molecule has 1 amide bonds. The van der Waals surface area contributed by atoms with E-state index in [0.29, 0.717) is 11.3 Å². The van der Waals surface area contributed by atoms with E-state index in [9.17, 15) is 18.0 Å². The van der Waals surface area contributed by atoms with Gasteiger partial charge in [-0.3, -0.25) is 9.78 Å². The van der Waals surface area contributed by atoms with Crippen LogP contribution in [-0.2, 0) is 0 Å². The van der Waals surface area contributed by atoms with Gasteiger partial charge in [0.2, 0.25) is 5.88 Å². The molecule has 0 atom stereocenters. The van der Waals surface area contributed by atoms with Gasteiger partial charge in [-0.25, -0.2) is 4.98 Å². The molecule has 0 saturated heterocycles. The van der Waals surface area contributed by atoms with E-state index in [4.69, 9.17) is 0 Å². The molecule has 0 radical (unpaired) electrons. The van der Waals surface area contributed by atoms with E-state index in [-0.39, 0.29) is 10.4 Å². The molecular formula is C13H9BrF3N3O2. The summed E-state index contributed by atoms with van der Waals surface area (Å²) in [7, 11) is 0. The molecule has 0 spiro atoms. The lowest BCUT2D eigenvalue weighted by atomic mass is 10.2. The molecule has 0 saturated carbocycles. The van der Waals surface area contributed by atoms with Gasteiger partial charge in [0, 0.05) is 12.4 Å². The summed E-state index contributed by atoms with van der Waals surface area (Å²) < 4.78 is 41.0. The van der Waals surface area contributed by atoms with Gasteiger partial charge < -0.3 is 10.1 Å². The third kappa shape index (κ3) is 4.69. The minimum absolute atomic E-state index is 0.195. The number of amides is 1. The number of nitrogens with one attached hydrogen (secondary N) is 1. The van der Waals surface area contributed by atoms with Gasteiger partial charge in [0.1, 0.15) is 0 Å². The first-order valence-electron chi connectivity index (χ1n) is 5.91. The Bertz CT molecular complexity index is 665. The van der Waals surface area contributed by atoms with Gasteiger partial charge >= 0.3 is 6.18 Å². The van der Waals surface area contributed by atoms with Gasteiger partial charge in [0.15, 0.2) is 6.61 Å². The number of aromatic nitrogens is 2. The fourth-order valence-corrected chi connectivity index (χ4v) is 1.91. The van der Waals surface area contributed by atoms with Crippen LogP contribution in [0.3, 0.4) is 0 Å². The summed E-state index contributed by atoms with van der Waals surface area (Å²) in [5.41, 5.74) is 0.649. The van der Waals surface area contributed by atoms with Crippen molar-refractivity contribution >= 4 is 27.5 Å². The fraction of sp³-hybridized carbons (Fsp3) is 0.154. The van der Waals surface area contributed by atoms with Crippen LogP contribution in [0, 0.1) is 0 Å². The van der Waals surface area contributed by atoms with E-state index in [1.807, 2.05) is 0 Å². The smallest absolute Gasteiger partial charge is 0.422 e. The average molecular weight is 376 g/mol. The Hall–Kier alpha value is -2.16. The fourth-order valence-electron chi connectivity index (χ4n) is 1.45. The standard InChI is InChI=1S/C13H9BrF3N3O2/c14-10-4-9(6-19-12(10)22-7-13(15,16)17)20-11(21)8-2-1-3-18-5-8/h1-6H,7H2,(H,20,21). The number of pyridine rings is 2. The van der Waals surface area contributed by atoms with E-state index in [0.717, 1.165) is 0 Å². The molecule has 0 fully saturated rings. The second-order valence-electron chi connectivity index (χ2n) is 4.11. The molecule has 2 aromatic heterocycles. The van der Waals surface area contributed by atoms with E-state index in [2.05, 4.69) is 36.0 Å². The molecule has 2 aromatic rings. The van der Waals surface area contributed by atoms with Crippen LogP contribution in [0.4, 0.5) is 18.9 Å². The Morgan fingerprint density at radius 2 is 2.14 bits per heavy atom. The molecule has 2 rings (SSSR count). The van der Waals surface area contributed by atoms with Crippen LogP contribution in [-0.4, -0.2) is 28.7 Å². The highest BCUT2D eigenvalue weighted by Gasteiger charge is 2.29. The lowest BCUT2D eigenvalue weighted by molar-refractivity contribution is -0.154. The number of hydrogen-bond donors (Lipinski definition) is 1. The van der Waals surface area contributed by atoms with Crippen molar-refractivity contribution in [1.82, 2.24) is 9.97 Å². The SMILES string of the molecule is O=C(Nc1cnc(OCC(F)(F)F)c(Br)c1)c1cccnc1. The summed E-state index contributed by atoms with van der Waals surface area (Å²) in [6.07, 6.45) is -0.334. The second kappa shape index (κ2) is 6.73. The Labute approximate surface area is 131 Å². The zero-order valence-electron chi connectivity index (χ0n) is 10.9. The topological polar surface area (TPSA) is 64.1 Å². The van der Waals surface area contributed by atoms with Crippen molar-refractivity contribution in [2.45, 2.75) is 6.18 Å². The van der Waals surface area contributed by atoms with Crippen LogP contribution in [0.5, 0.6) is 5.88 Å². The highest BCUT2D eigenvalue weighted by atomic mass is 79.9. The van der Waals surface area contributed by atoms with Crippen molar-refractivity contribution in [3.05, 3.63) is 46.8 Å². The number of rotatable bonds is 4. The van der Waals surface area contributed by atoms with Crippen LogP contribution < -0.4 is 10.1 Å². The molecule has 5 nitrogen and oxygen atoms in total. The third-order valence-corrected chi connectivity index (χ3v) is 2.93. The first-order valence-corrected chi connectivity index (χ1v) is 6.71. The van der Waals surface area contributed by atoms with Crippen LogP contribution in [0.15, 0.2) is 41.3 Å². The van der Waals surface area contributed by atoms with Crippen molar-refractivity contribution in [1.29, 1.82) is 0 Å². The number of ether oxygens (including phenoxy) is 1. The number of carbonyl (C=O) groups is 1. The summed E-state index contributed by atoms with van der Waals surface area (Å²) in [5, 5.41) is 2.55. The van der Waals surface area contributed by atoms with Gasteiger partial charge in [-0.05, 0) is 34.1 Å². The van der Waals surface area contributed by atoms with E-state index < -0.39 is 18.7 Å². The summed E-state index contributed by atoms with van der Waals surface area (Å²) in [5.74, 6) is -0.623. The number of anilines is 1. The first-order chi connectivity index (χ1) is 10.3. The van der Waals surface area contributed by atoms with Gasteiger partial charge in [0.25, 0.3) is 5.91 Å². The Morgan fingerprint density at radius 1 is 1.36 bits per heavy atom. The normalized spacial score (nSPS) is 11.1. The number of hydrogen-bond acceptors (Lipinski definition) is 4. The van der Waals surface area contributed by atoms with Crippen molar-refractivity contribution in [2.24, 2.45) is 0 Å². The van der Waals surface area contributed by atoms with Crippen LogP contribution in [0.25, 0.3) is 0 Å². The molecule has 2 heterocycles. The zero-order chi connectivity index (χ0) is 16.2. The minimum Gasteiger partial charge on any atom is -0.467 e. The lowest BCUT2D eigenvalue weighted by Gasteiger charge is -2.11. The molecule has 0 unspecified atom stereocenters. The predicted octanol–water partition coefficient (Wildman–Crippen LogP) is 3.43. The second-order valence-corrected chi connectivity index (χ2v) is 4.96. The van der Waals surface area contributed by atoms with Gasteiger partial charge in [-0.15, -0.1) is 0 Å². The maximum absolute atomic E-state index is 12.1. The van der Waals surface area contributed by atoms with Crippen molar-refractivity contribution in [3.63, 3.8) is 0 Å². The highest BCUT2D eigenvalue weighted by Crippen LogP contribution is 2.27. The molecular weight excluding hydrogens is 367 g/mol. The van der Waals surface area contributed by atoms with E-state index in [1.165, 1.54) is 24.7 Å². The molecule has 0 aliphatic rings. The van der Waals surface area contributed by atoms with E-state index >= 15 is 0 Å². The summed E-state index contributed by atoms with van der Waals surface area (Å²) in [6, 6.07) is 4.58. The van der Waals surface area contributed by atoms with Crippen molar-refractivity contribution in [3.8, 4) is 5.88 Å². The van der Waals surface area contributed by atoms with Gasteiger partial charge in [0.05, 0.1) is 21.9 Å². The molecule has 0 aromatic carbocycles. The maximum atomic E-state index is 12.1. The Balaban J connectivity index is 2.05. The van der Waals surface area contributed by atoms with Crippen molar-refractivity contribution < 1.29 is 22.7 Å². The molecule has 1 N–H and O–H groups in total. The molecule has 0 aliphatic heterocycles. The monoisotopic (exact) mass is 375 g/mol. The number of carbonyl (C=O) groups excluding carboxylic acids is 1. The quantitative estimate of drug-likeness (QED) is 0.888. The molecule has 22 heavy (non-hydrogen) atoms. The van der Waals surface area contributed by atoms with Gasteiger partial charge in [-0.2, -0.15) is 13.2 Å². The average Bonchev–Trinajstić information content (AvgIpc) is 2.46. The lowest BCUT2D eigenvalue weighted by Crippen LogP contribution is -2.20. The van der Waals surface area contributed by atoms with E-state index in [1.54, 1.807) is 12.1 Å². The summed E-state index contributed by atoms with van der Waals surface area (Å²) in [6.45, 7) is -1.44. The molecule has 9 heteroatoms. The number of halogens is 4. The summed E-state index contributed by atoms with van der Waals surface area (Å²) >= 11 is 3.04. The predicted molar refractivity (Wildman–Crippen MR) is 75.7 cm³/mol. The molecule has 0 bridgehead atoms. The largest absolute Gasteiger partial charge is 0.467 e. The number of nitrogens with zero attached hydrogens (tertiary/aromatic N) is 2. The van der Waals surface area contributed by atoms with Crippen LogP contribution in [0.1, 0.15) is 10.4 Å². The first kappa shape index (κ1) is 16.2. The molecule has 116 valence electrons. The number of alkyl halides is 3. The highest BCUT2D eigenvalue weighted by molar-refractivity contribution is 9.10. The maximum Gasteiger partial charge on any atom is 0.422 e. The third-order valence-electron chi connectivity index (χ3n) is 2.36. The van der Waals surface area contributed by atoms with Gasteiger partial charge in [-0.1, -0.05) is 0 Å². The van der Waals surface area contributed by atoms with Crippen LogP contribution in [0.2, 0.25) is 0 Å². The summed E-state index contributed by atoms with van der Waals surface area (Å²) in [4.78, 5) is 19.4. The van der Waals surface area contributed by atoms with Crippen LogP contribution >= 0.6 is 15.9 Å². The minimum atomic E-state index is -4.45. The Morgan fingerprint density at radius 3 is 2.73 bits per heavy atom. The molecule has 0 aliphatic carbocycles. The Kier molecular flexibility index (Phi) is 4.96.